The van der Waals surface area contributed by atoms with Crippen molar-refractivity contribution in [1.82, 2.24) is 4.98 Å². The summed E-state index contributed by atoms with van der Waals surface area (Å²) in [5.74, 6) is -0.490. The lowest BCUT2D eigenvalue weighted by Crippen LogP contribution is -2.37. The third-order valence-corrected chi connectivity index (χ3v) is 5.47. The van der Waals surface area contributed by atoms with E-state index in [0.29, 0.717) is 18.3 Å². The maximum absolute atomic E-state index is 11.3. The van der Waals surface area contributed by atoms with E-state index in [2.05, 4.69) is 34.1 Å². The molecule has 4 aromatic rings. The highest BCUT2D eigenvalue weighted by molar-refractivity contribution is 5.76. The molecular weight excluding hydrogens is 416 g/mol. The number of aromatic nitrogens is 1. The molecule has 6 nitrogen and oxygen atoms in total. The first kappa shape index (κ1) is 22.4. The Kier molecular flexibility index (Phi) is 6.63. The van der Waals surface area contributed by atoms with Gasteiger partial charge in [-0.1, -0.05) is 54.6 Å². The van der Waals surface area contributed by atoms with Gasteiger partial charge in [-0.05, 0) is 62.1 Å². The Morgan fingerprint density at radius 2 is 1.67 bits per heavy atom. The number of para-hydroxylation sites is 2. The molecule has 3 aromatic carbocycles. The van der Waals surface area contributed by atoms with Gasteiger partial charge >= 0.3 is 5.97 Å². The van der Waals surface area contributed by atoms with E-state index in [1.165, 1.54) is 19.4 Å². The number of carboxylic acid groups (broad SMARTS) is 1. The van der Waals surface area contributed by atoms with Crippen LogP contribution in [0.3, 0.4) is 0 Å². The maximum Gasteiger partial charge on any atom is 0.347 e. The molecule has 4 rings (SSSR count). The molecule has 0 bridgehead atoms. The number of fused-ring (bicyclic) bond motifs is 1. The standard InChI is InChI=1S/C27H28N2O4/c1-27(2,25(30)31)33-22-16-14-21(15-17-22)19-29(18-8-11-20-9-4-3-5-10-20)26-28-23-12-6-7-13-24(23)32-26/h3-7,9-10,12-17H,8,11,18-19H2,1-2H3,(H,30,31). The van der Waals surface area contributed by atoms with Crippen LogP contribution in [0.5, 0.6) is 5.75 Å². The third-order valence-electron chi connectivity index (χ3n) is 5.47. The molecule has 0 amide bonds. The predicted octanol–water partition coefficient (Wildman–Crippen LogP) is 5.71. The second-order valence-electron chi connectivity index (χ2n) is 8.54. The summed E-state index contributed by atoms with van der Waals surface area (Å²) in [5, 5.41) is 9.28. The Morgan fingerprint density at radius 3 is 2.36 bits per heavy atom. The van der Waals surface area contributed by atoms with Crippen LogP contribution in [0.1, 0.15) is 31.4 Å². The van der Waals surface area contributed by atoms with Crippen molar-refractivity contribution >= 4 is 23.1 Å². The molecule has 170 valence electrons. The molecule has 0 saturated carbocycles. The zero-order valence-electron chi connectivity index (χ0n) is 18.9. The first-order valence-electron chi connectivity index (χ1n) is 11.1. The normalized spacial score (nSPS) is 11.5. The van der Waals surface area contributed by atoms with Crippen molar-refractivity contribution in [2.75, 3.05) is 11.4 Å². The molecule has 0 spiro atoms. The van der Waals surface area contributed by atoms with Crippen molar-refractivity contribution in [3.8, 4) is 5.75 Å². The van der Waals surface area contributed by atoms with Crippen LogP contribution in [0, 0.1) is 0 Å². The summed E-state index contributed by atoms with van der Waals surface area (Å²) in [6.45, 7) is 4.46. The van der Waals surface area contributed by atoms with E-state index in [4.69, 9.17) is 9.15 Å². The number of oxazole rings is 1. The van der Waals surface area contributed by atoms with Gasteiger partial charge in [0.25, 0.3) is 6.01 Å². The number of hydrogen-bond acceptors (Lipinski definition) is 5. The van der Waals surface area contributed by atoms with Gasteiger partial charge in [0.1, 0.15) is 11.3 Å². The first-order valence-corrected chi connectivity index (χ1v) is 11.1. The molecule has 6 heteroatoms. The van der Waals surface area contributed by atoms with Crippen molar-refractivity contribution in [3.05, 3.63) is 90.0 Å². The lowest BCUT2D eigenvalue weighted by Gasteiger charge is -2.23. The second-order valence-corrected chi connectivity index (χ2v) is 8.54. The number of carbonyl (C=O) groups is 1. The summed E-state index contributed by atoms with van der Waals surface area (Å²) in [6, 6.07) is 26.3. The fraction of sp³-hybridized carbons (Fsp3) is 0.259. The zero-order valence-corrected chi connectivity index (χ0v) is 18.9. The molecule has 0 saturated heterocycles. The quantitative estimate of drug-likeness (QED) is 0.338. The number of aliphatic carboxylic acids is 1. The fourth-order valence-electron chi connectivity index (χ4n) is 3.58. The van der Waals surface area contributed by atoms with Crippen molar-refractivity contribution in [2.45, 2.75) is 38.8 Å². The van der Waals surface area contributed by atoms with E-state index in [9.17, 15) is 9.90 Å². The summed E-state index contributed by atoms with van der Waals surface area (Å²) < 4.78 is 11.7. The van der Waals surface area contributed by atoms with Gasteiger partial charge < -0.3 is 19.2 Å². The minimum Gasteiger partial charge on any atom is -0.478 e. The zero-order chi connectivity index (χ0) is 23.3. The van der Waals surface area contributed by atoms with Gasteiger partial charge in [0, 0.05) is 13.1 Å². The number of ether oxygens (including phenoxy) is 1. The number of benzene rings is 3. The van der Waals surface area contributed by atoms with Crippen LogP contribution < -0.4 is 9.64 Å². The Hall–Kier alpha value is -3.80. The molecule has 33 heavy (non-hydrogen) atoms. The van der Waals surface area contributed by atoms with Gasteiger partial charge in [-0.15, -0.1) is 0 Å². The van der Waals surface area contributed by atoms with Gasteiger partial charge in [0.05, 0.1) is 0 Å². The van der Waals surface area contributed by atoms with E-state index in [1.54, 1.807) is 12.1 Å². The average Bonchev–Trinajstić information content (AvgIpc) is 3.24. The summed E-state index contributed by atoms with van der Waals surface area (Å²) in [4.78, 5) is 18.2. The molecule has 0 fully saturated rings. The minimum atomic E-state index is -1.29. The molecule has 0 unspecified atom stereocenters. The van der Waals surface area contributed by atoms with E-state index < -0.39 is 11.6 Å². The van der Waals surface area contributed by atoms with E-state index in [1.807, 2.05) is 42.5 Å². The van der Waals surface area contributed by atoms with Gasteiger partial charge in [-0.25, -0.2) is 4.79 Å². The van der Waals surface area contributed by atoms with Crippen molar-refractivity contribution in [1.29, 1.82) is 0 Å². The lowest BCUT2D eigenvalue weighted by molar-refractivity contribution is -0.152. The summed E-state index contributed by atoms with van der Waals surface area (Å²) in [6.07, 6.45) is 1.92. The highest BCUT2D eigenvalue weighted by Crippen LogP contribution is 2.25. The third kappa shape index (κ3) is 5.71. The van der Waals surface area contributed by atoms with Gasteiger partial charge in [-0.2, -0.15) is 4.98 Å². The van der Waals surface area contributed by atoms with Gasteiger partial charge in [0.2, 0.25) is 0 Å². The van der Waals surface area contributed by atoms with Crippen molar-refractivity contribution in [2.24, 2.45) is 0 Å². The molecular formula is C27H28N2O4. The van der Waals surface area contributed by atoms with Gasteiger partial charge in [-0.3, -0.25) is 0 Å². The largest absolute Gasteiger partial charge is 0.478 e. The van der Waals surface area contributed by atoms with E-state index in [-0.39, 0.29) is 0 Å². The lowest BCUT2D eigenvalue weighted by atomic mass is 10.1. The smallest absolute Gasteiger partial charge is 0.347 e. The Labute approximate surface area is 193 Å². The van der Waals surface area contributed by atoms with Crippen LogP contribution >= 0.6 is 0 Å². The monoisotopic (exact) mass is 444 g/mol. The van der Waals surface area contributed by atoms with Crippen molar-refractivity contribution in [3.63, 3.8) is 0 Å². The molecule has 0 aliphatic heterocycles. The summed E-state index contributed by atoms with van der Waals surface area (Å²) in [5.41, 5.74) is 2.67. The Balaban J connectivity index is 1.49. The van der Waals surface area contributed by atoms with Crippen LogP contribution in [0.2, 0.25) is 0 Å². The van der Waals surface area contributed by atoms with Gasteiger partial charge in [0.15, 0.2) is 11.2 Å². The Bertz CT molecular complexity index is 1170. The van der Waals surface area contributed by atoms with Crippen molar-refractivity contribution < 1.29 is 19.1 Å². The number of carboxylic acids is 1. The highest BCUT2D eigenvalue weighted by atomic mass is 16.5. The average molecular weight is 445 g/mol. The van der Waals surface area contributed by atoms with Crippen LogP contribution in [0.25, 0.3) is 11.1 Å². The summed E-state index contributed by atoms with van der Waals surface area (Å²) >= 11 is 0. The van der Waals surface area contributed by atoms with E-state index >= 15 is 0 Å². The van der Waals surface area contributed by atoms with Crippen LogP contribution in [-0.2, 0) is 17.8 Å². The minimum absolute atomic E-state index is 0.517. The van der Waals surface area contributed by atoms with Crippen LogP contribution in [-0.4, -0.2) is 28.2 Å². The molecule has 1 N–H and O–H groups in total. The van der Waals surface area contributed by atoms with Crippen LogP contribution in [0.15, 0.2) is 83.3 Å². The SMILES string of the molecule is CC(C)(Oc1ccc(CN(CCCc2ccccc2)c2nc3ccccc3o2)cc1)C(=O)O. The number of rotatable bonds is 10. The molecule has 1 aromatic heterocycles. The summed E-state index contributed by atoms with van der Waals surface area (Å²) in [7, 11) is 0. The number of aryl methyl sites for hydroxylation is 1. The molecule has 0 radical (unpaired) electrons. The first-order chi connectivity index (χ1) is 15.9. The van der Waals surface area contributed by atoms with Crippen LogP contribution in [0.4, 0.5) is 6.01 Å². The Morgan fingerprint density at radius 1 is 0.970 bits per heavy atom. The maximum atomic E-state index is 11.3. The number of anilines is 1. The molecule has 0 atom stereocenters. The molecule has 1 heterocycles. The van der Waals surface area contributed by atoms with E-state index in [0.717, 1.165) is 36.0 Å². The second kappa shape index (κ2) is 9.77. The molecule has 0 aliphatic carbocycles. The highest BCUT2D eigenvalue weighted by Gasteiger charge is 2.29. The predicted molar refractivity (Wildman–Crippen MR) is 129 cm³/mol. The topological polar surface area (TPSA) is 75.8 Å². The number of nitrogens with zero attached hydrogens (tertiary/aromatic N) is 2. The molecule has 0 aliphatic rings. The number of hydrogen-bond donors (Lipinski definition) is 1. The fourth-order valence-corrected chi connectivity index (χ4v) is 3.58.